The van der Waals surface area contributed by atoms with Crippen LogP contribution in [0.3, 0.4) is 0 Å². The molecule has 0 bridgehead atoms. The SMILES string of the molecule is C1CCOC1.COC(=O)C1CCN(C(=O)CNC(=O)c2ccccc2)CC1.COC(=O)C1CCNCC1.N=C(CO)c1ccccc1.N[N-]O.O=C(NCC(=O)N1CCC(C(=O)O)CC1)c1ccccc1.O=C(NCC(=O)N1CCC(c2nc(-c3ccccc3)no2)CC1)c1ccccc1.O=C(O)CNC(=O)c1ccccc1.[Na+]. The summed E-state index contributed by atoms with van der Waals surface area (Å²) >= 11 is 0. The van der Waals surface area contributed by atoms with Gasteiger partial charge in [0.15, 0.2) is 0 Å². The summed E-state index contributed by atoms with van der Waals surface area (Å²) in [6.07, 6.45) is 8.06. The number of aliphatic carboxylic acids is 2. The zero-order valence-electron chi connectivity index (χ0n) is 64.5. The van der Waals surface area contributed by atoms with E-state index in [2.05, 4.69) is 47.3 Å². The summed E-state index contributed by atoms with van der Waals surface area (Å²) in [6.45, 7) is 6.34. The van der Waals surface area contributed by atoms with Crippen molar-refractivity contribution in [3.63, 3.8) is 0 Å². The minimum absolute atomic E-state index is 0. The third-order valence-corrected chi connectivity index (χ3v) is 18.0. The molecule has 0 atom stereocenters. The Hall–Kier alpha value is -10.9. The first kappa shape index (κ1) is 95.4. The molecule has 12 N–H and O–H groups in total. The molecule has 5 saturated heterocycles. The van der Waals surface area contributed by atoms with Crippen LogP contribution in [0.5, 0.6) is 0 Å². The molecule has 7 amide bonds. The van der Waals surface area contributed by atoms with Gasteiger partial charge in [-0.25, -0.2) is 0 Å². The Morgan fingerprint density at radius 1 is 0.491 bits per heavy atom. The second-order valence-electron chi connectivity index (χ2n) is 25.7. The fraction of sp³-hybridized carbons (Fsp3) is 0.383. The molecule has 5 aliphatic heterocycles. The summed E-state index contributed by atoms with van der Waals surface area (Å²) < 4.78 is 19.7. The number of piperidine rings is 4. The molecular formula is C81H102N13NaO19. The number of carbonyl (C=O) groups excluding carboxylic acids is 9. The van der Waals surface area contributed by atoms with E-state index in [9.17, 15) is 52.7 Å². The number of aliphatic hydroxyl groups is 1. The summed E-state index contributed by atoms with van der Waals surface area (Å²) in [5.41, 5.74) is 6.01. The van der Waals surface area contributed by atoms with Gasteiger partial charge in [-0.2, -0.15) is 4.98 Å². The quantitative estimate of drug-likeness (QED) is 0.0181. The average molecular weight is 1580 g/mol. The Morgan fingerprint density at radius 3 is 1.12 bits per heavy atom. The van der Waals surface area contributed by atoms with Crippen molar-refractivity contribution in [1.82, 2.24) is 51.4 Å². The number of amides is 7. The van der Waals surface area contributed by atoms with Gasteiger partial charge in [-0.1, -0.05) is 139 Å². The molecule has 32 nitrogen and oxygen atoms in total. The fourth-order valence-electron chi connectivity index (χ4n) is 11.6. The number of hydrogen-bond acceptors (Lipinski definition) is 22. The number of nitrogens with zero attached hydrogens (tertiary/aromatic N) is 6. The molecule has 6 aromatic carbocycles. The van der Waals surface area contributed by atoms with E-state index < -0.39 is 11.9 Å². The molecule has 0 saturated carbocycles. The molecule has 33 heteroatoms. The van der Waals surface area contributed by atoms with Gasteiger partial charge in [-0.3, -0.25) is 52.7 Å². The van der Waals surface area contributed by atoms with Crippen LogP contribution >= 0.6 is 0 Å². The minimum atomic E-state index is -1.05. The number of aromatic nitrogens is 2. The van der Waals surface area contributed by atoms with E-state index in [4.69, 9.17) is 39.9 Å². The van der Waals surface area contributed by atoms with Crippen molar-refractivity contribution in [1.29, 1.82) is 5.41 Å². The zero-order chi connectivity index (χ0) is 82.0. The van der Waals surface area contributed by atoms with E-state index in [1.807, 2.05) is 72.3 Å². The maximum atomic E-state index is 12.4. The van der Waals surface area contributed by atoms with Crippen molar-refractivity contribution in [3.8, 4) is 11.4 Å². The first-order valence-electron chi connectivity index (χ1n) is 36.9. The van der Waals surface area contributed by atoms with E-state index in [-0.39, 0.29) is 145 Å². The predicted octanol–water partition coefficient (Wildman–Crippen LogP) is 3.57. The van der Waals surface area contributed by atoms with Gasteiger partial charge in [-0.05, 0) is 131 Å². The van der Waals surface area contributed by atoms with E-state index in [0.717, 1.165) is 63.1 Å². The van der Waals surface area contributed by atoms with Crippen molar-refractivity contribution in [3.05, 3.63) is 221 Å². The number of carbonyl (C=O) groups is 11. The van der Waals surface area contributed by atoms with E-state index in [1.165, 1.54) is 27.1 Å². The molecule has 0 aliphatic carbocycles. The molecule has 114 heavy (non-hydrogen) atoms. The predicted molar refractivity (Wildman–Crippen MR) is 417 cm³/mol. The molecule has 0 unspecified atom stereocenters. The van der Waals surface area contributed by atoms with Crippen molar-refractivity contribution < 1.29 is 122 Å². The molecule has 5 fully saturated rings. The summed E-state index contributed by atoms with van der Waals surface area (Å²) in [7, 11) is 2.82. The van der Waals surface area contributed by atoms with Crippen LogP contribution in [0, 0.1) is 23.2 Å². The van der Waals surface area contributed by atoms with Gasteiger partial charge in [0.25, 0.3) is 23.6 Å². The first-order valence-corrected chi connectivity index (χ1v) is 36.9. The molecule has 7 aromatic rings. The van der Waals surface area contributed by atoms with Gasteiger partial charge in [-0.15, -0.1) is 0 Å². The van der Waals surface area contributed by atoms with Gasteiger partial charge in [0.05, 0.1) is 63.9 Å². The van der Waals surface area contributed by atoms with Crippen LogP contribution < -0.4 is 62.0 Å². The number of benzene rings is 6. The van der Waals surface area contributed by atoms with Gasteiger partial charge in [0.2, 0.25) is 29.4 Å². The fourth-order valence-corrected chi connectivity index (χ4v) is 11.6. The number of nitrogens with two attached hydrogens (primary N) is 1. The number of rotatable bonds is 19. The van der Waals surface area contributed by atoms with E-state index >= 15 is 0 Å². The number of ether oxygens (including phenoxy) is 3. The molecule has 0 radical (unpaired) electrons. The monoisotopic (exact) mass is 1580 g/mol. The molecule has 1 aromatic heterocycles. The van der Waals surface area contributed by atoms with Crippen molar-refractivity contribution in [2.45, 2.75) is 70.1 Å². The summed E-state index contributed by atoms with van der Waals surface area (Å²) in [4.78, 5) is 136. The Labute approximate surface area is 684 Å². The molecular weight excluding hydrogens is 1480 g/mol. The molecule has 12 rings (SSSR count). The average Bonchev–Trinajstić information content (AvgIpc) is 1.72. The summed E-state index contributed by atoms with van der Waals surface area (Å²) in [5, 5.41) is 57.4. The number of methoxy groups -OCH3 is 2. The molecule has 5 aliphatic rings. The molecule has 0 spiro atoms. The normalized spacial score (nSPS) is 14.4. The van der Waals surface area contributed by atoms with Gasteiger partial charge in [0.1, 0.15) is 6.54 Å². The number of carboxylic acid groups (broad SMARTS) is 2. The number of nitrogens with one attached hydrogen (secondary N) is 6. The molecule has 606 valence electrons. The van der Waals surface area contributed by atoms with E-state index in [1.54, 1.807) is 130 Å². The third-order valence-electron chi connectivity index (χ3n) is 18.0. The van der Waals surface area contributed by atoms with Crippen LogP contribution in [-0.4, -0.2) is 229 Å². The summed E-state index contributed by atoms with van der Waals surface area (Å²) in [6, 6.07) is 53.7. The zero-order valence-corrected chi connectivity index (χ0v) is 66.5. The summed E-state index contributed by atoms with van der Waals surface area (Å²) in [5.74, 6) is 1.33. The largest absolute Gasteiger partial charge is 1.00 e. The Balaban J connectivity index is 0.000000292. The Bertz CT molecular complexity index is 4010. The number of hydrogen-bond donors (Lipinski definition) is 11. The van der Waals surface area contributed by atoms with Gasteiger partial charge >= 0.3 is 53.4 Å². The minimum Gasteiger partial charge on any atom is -0.488 e. The van der Waals surface area contributed by atoms with Crippen molar-refractivity contribution in [2.24, 2.45) is 23.6 Å². The van der Waals surface area contributed by atoms with Gasteiger partial charge in [0, 0.05) is 86.2 Å². The number of likely N-dealkylation sites (tertiary alicyclic amines) is 3. The van der Waals surface area contributed by atoms with E-state index in [0.29, 0.717) is 98.9 Å². The first-order chi connectivity index (χ1) is 54.7. The van der Waals surface area contributed by atoms with Crippen LogP contribution in [0.1, 0.15) is 123 Å². The van der Waals surface area contributed by atoms with Crippen LogP contribution in [-0.2, 0) is 47.8 Å². The van der Waals surface area contributed by atoms with Crippen LogP contribution in [0.25, 0.3) is 17.0 Å². The van der Waals surface area contributed by atoms with Crippen molar-refractivity contribution in [2.75, 3.05) is 113 Å². The smallest absolute Gasteiger partial charge is 0.488 e. The Morgan fingerprint density at radius 2 is 0.807 bits per heavy atom. The van der Waals surface area contributed by atoms with Gasteiger partial charge < -0.3 is 97.4 Å². The maximum absolute atomic E-state index is 12.4. The number of carboxylic acids is 2. The van der Waals surface area contributed by atoms with Crippen molar-refractivity contribution >= 4 is 70.9 Å². The second-order valence-corrected chi connectivity index (χ2v) is 25.7. The molecule has 6 heterocycles. The third kappa shape index (κ3) is 36.3. The second kappa shape index (κ2) is 55.5. The van der Waals surface area contributed by atoms with Crippen LogP contribution in [0.15, 0.2) is 187 Å². The van der Waals surface area contributed by atoms with Crippen LogP contribution in [0.4, 0.5) is 0 Å². The Kier molecular flexibility index (Phi) is 46.5. The number of esters is 2. The topological polar surface area (TPSA) is 469 Å². The standard InChI is InChI=1S/C22H22N4O3.C16H20N2O4.C15H18N2O4.C9H9NO3.C8H9NO.C7H13NO2.C4H8O.H3N2O.Na/c27-19(15-23-21(28)17-9-5-2-6-10-17)26-13-11-18(12-14-26)22-24-20(25-29-22)16-7-3-1-4-8-16;1-22-16(21)13-7-9-18(10-8-13)14(19)11-17-15(20)12-5-3-2-4-6-12;18-13(17-8-6-12(7-9-17)15(20)21)10-16-14(19)11-4-2-1-3-5-11;11-8(12)6-10-9(13)7-4-2-1-3-5-7;9-8(6-10)7-4-2-1-3-5-7;1-10-7(9)6-2-4-8-5-3-6;1-2-4-5-3-1;1-2-3;/h1-10,18H,11-15H2,(H,23,28);2-6,13H,7-11H2,1H3,(H,17,20);1-5,12H,6-10H2,(H,16,19)(H,20,21);1-5H,6H2,(H,10,13)(H,11,12);1-5,9-10H,6H2;6,8H,2-5H2,1H3;1-4H2;3H,1H2;/q;;;;;;;-1;+1. The number of aliphatic hydroxyl groups excluding tert-OH is 1. The van der Waals surface area contributed by atoms with Crippen LogP contribution in [0.2, 0.25) is 0 Å². The maximum Gasteiger partial charge on any atom is 1.00 e.